The zero-order valence-corrected chi connectivity index (χ0v) is 24.8. The van der Waals surface area contributed by atoms with Crippen LogP contribution in [0.4, 0.5) is 5.13 Å². The van der Waals surface area contributed by atoms with Gasteiger partial charge in [0.25, 0.3) is 5.78 Å². The van der Waals surface area contributed by atoms with Crippen molar-refractivity contribution in [3.63, 3.8) is 0 Å². The van der Waals surface area contributed by atoms with E-state index in [0.29, 0.717) is 22.6 Å². The largest absolute Gasteiger partial charge is 0.507 e. The van der Waals surface area contributed by atoms with Gasteiger partial charge in [-0.05, 0) is 48.7 Å². The van der Waals surface area contributed by atoms with Gasteiger partial charge in [-0.2, -0.15) is 13.5 Å². The van der Waals surface area contributed by atoms with Gasteiger partial charge in [0, 0.05) is 10.6 Å². The van der Waals surface area contributed by atoms with Crippen LogP contribution in [0.3, 0.4) is 0 Å². The number of carbonyl (C=O) groups is 2. The molecular weight excluding hydrogens is 588 g/mol. The molecule has 0 bridgehead atoms. The topological polar surface area (TPSA) is 105 Å². The average Bonchev–Trinajstić information content (AvgIpc) is 3.52. The van der Waals surface area contributed by atoms with E-state index in [0.717, 1.165) is 27.4 Å². The Labute approximate surface area is 248 Å². The van der Waals surface area contributed by atoms with Crippen LogP contribution in [0.15, 0.2) is 93.7 Å². The quantitative estimate of drug-likeness (QED) is 0.157. The highest BCUT2D eigenvalue weighted by atomic mass is 35.5. The van der Waals surface area contributed by atoms with Crippen molar-refractivity contribution in [3.05, 3.63) is 112 Å². The van der Waals surface area contributed by atoms with Crippen LogP contribution in [0.2, 0.25) is 5.02 Å². The average molecular weight is 613 g/mol. The highest BCUT2D eigenvalue weighted by Gasteiger charge is 2.48. The van der Waals surface area contributed by atoms with E-state index in [2.05, 4.69) is 4.98 Å². The summed E-state index contributed by atoms with van der Waals surface area (Å²) in [5.41, 5.74) is 2.60. The number of nitrogens with zero attached hydrogens (tertiary/aromatic N) is 2. The van der Waals surface area contributed by atoms with E-state index < -0.39 is 27.6 Å². The van der Waals surface area contributed by atoms with E-state index in [-0.39, 0.29) is 39.1 Å². The van der Waals surface area contributed by atoms with Gasteiger partial charge in [0.05, 0.1) is 22.7 Å². The Balaban J connectivity index is 0.00000370. The molecule has 2 heterocycles. The number of aliphatic hydroxyl groups excluding tert-OH is 1. The third kappa shape index (κ3) is 5.19. The van der Waals surface area contributed by atoms with E-state index >= 15 is 0 Å². The molecule has 1 unspecified atom stereocenters. The van der Waals surface area contributed by atoms with Gasteiger partial charge in [-0.25, -0.2) is 13.4 Å². The number of ketones is 1. The number of aryl methyl sites for hydroxylation is 2. The smallest absolute Gasteiger partial charge is 0.301 e. The highest BCUT2D eigenvalue weighted by Crippen LogP contribution is 2.45. The zero-order chi connectivity index (χ0) is 27.9. The molecule has 4 aromatic rings. The second-order valence-corrected chi connectivity index (χ2v) is 12.6. The van der Waals surface area contributed by atoms with Gasteiger partial charge in [-0.3, -0.25) is 14.5 Å². The molecule has 11 heteroatoms. The number of rotatable bonds is 6. The molecule has 0 aliphatic carbocycles. The lowest BCUT2D eigenvalue weighted by Crippen LogP contribution is -2.29. The normalized spacial score (nSPS) is 16.7. The second-order valence-electron chi connectivity index (χ2n) is 9.02. The molecule has 1 aliphatic heterocycles. The van der Waals surface area contributed by atoms with Gasteiger partial charge >= 0.3 is 5.91 Å². The van der Waals surface area contributed by atoms with Crippen molar-refractivity contribution in [1.29, 1.82) is 0 Å². The molecule has 1 atom stereocenters. The van der Waals surface area contributed by atoms with E-state index in [9.17, 15) is 23.1 Å². The fourth-order valence-electron chi connectivity index (χ4n) is 4.62. The van der Waals surface area contributed by atoms with E-state index in [4.69, 9.17) is 11.6 Å². The minimum absolute atomic E-state index is 0. The molecule has 1 aliphatic rings. The number of carbonyl (C=O) groups excluding carboxylic acids is 2. The molecule has 0 saturated carbocycles. The summed E-state index contributed by atoms with van der Waals surface area (Å²) in [5.74, 6) is -2.14. The van der Waals surface area contributed by atoms with Crippen molar-refractivity contribution in [2.75, 3.05) is 4.90 Å². The summed E-state index contributed by atoms with van der Waals surface area (Å²) < 4.78 is 26.3. The Morgan fingerprint density at radius 1 is 1.05 bits per heavy atom. The standard InChI is InChI=1S/C29H23ClN2O5S2.H2S/c1-3-18-14-17(2)12-13-22(18)26(33)24-25(19-8-7-9-20(30)15-19)32(28(35)27(24)34)29-31-16-23(38-29)39(36,37)21-10-5-4-6-11-21;/h4-16,25,33H,3H2,1-2H3;1H2. The summed E-state index contributed by atoms with van der Waals surface area (Å²) >= 11 is 7.05. The molecule has 1 saturated heterocycles. The summed E-state index contributed by atoms with van der Waals surface area (Å²) in [6.07, 6.45) is 1.76. The molecule has 0 spiro atoms. The maximum atomic E-state index is 13.5. The Morgan fingerprint density at radius 2 is 1.77 bits per heavy atom. The van der Waals surface area contributed by atoms with Crippen molar-refractivity contribution >= 4 is 68.9 Å². The van der Waals surface area contributed by atoms with Crippen LogP contribution in [-0.2, 0) is 25.8 Å². The second kappa shape index (κ2) is 11.6. The molecule has 1 aromatic heterocycles. The number of halogens is 1. The molecule has 1 fully saturated rings. The summed E-state index contributed by atoms with van der Waals surface area (Å²) in [7, 11) is -3.90. The summed E-state index contributed by atoms with van der Waals surface area (Å²) in [5, 5.41) is 11.9. The SMILES string of the molecule is CCc1cc(C)ccc1C(O)=C1C(=O)C(=O)N(c2ncc(S(=O)(=O)c3ccccc3)s2)C1c1cccc(Cl)c1.S. The number of amides is 1. The lowest BCUT2D eigenvalue weighted by atomic mass is 9.92. The molecule has 1 amide bonds. The van der Waals surface area contributed by atoms with Crippen LogP contribution in [0.1, 0.15) is 35.2 Å². The van der Waals surface area contributed by atoms with Crippen LogP contribution in [0.25, 0.3) is 5.76 Å². The first-order chi connectivity index (χ1) is 18.6. The zero-order valence-electron chi connectivity index (χ0n) is 21.5. The number of aromatic nitrogens is 1. The predicted octanol–water partition coefficient (Wildman–Crippen LogP) is 6.24. The third-order valence-corrected chi connectivity index (χ3v) is 9.96. The van der Waals surface area contributed by atoms with Gasteiger partial charge in [0.15, 0.2) is 5.13 Å². The van der Waals surface area contributed by atoms with Crippen molar-refractivity contribution in [1.82, 2.24) is 4.98 Å². The lowest BCUT2D eigenvalue weighted by molar-refractivity contribution is -0.132. The van der Waals surface area contributed by atoms with Crippen LogP contribution in [0, 0.1) is 6.92 Å². The molecular formula is C29H25ClN2O5S3. The van der Waals surface area contributed by atoms with Crippen molar-refractivity contribution < 1.29 is 23.1 Å². The number of aliphatic hydroxyl groups is 1. The summed E-state index contributed by atoms with van der Waals surface area (Å²) in [6.45, 7) is 3.86. The van der Waals surface area contributed by atoms with Gasteiger partial charge in [0.2, 0.25) is 9.84 Å². The monoisotopic (exact) mass is 612 g/mol. The number of anilines is 1. The molecule has 1 N–H and O–H groups in total. The minimum Gasteiger partial charge on any atom is -0.507 e. The maximum Gasteiger partial charge on any atom is 0.301 e. The third-order valence-electron chi connectivity index (χ3n) is 6.50. The van der Waals surface area contributed by atoms with E-state index in [1.807, 2.05) is 26.0 Å². The van der Waals surface area contributed by atoms with Gasteiger partial charge in [-0.15, -0.1) is 0 Å². The first-order valence-electron chi connectivity index (χ1n) is 12.1. The molecule has 0 radical (unpaired) electrons. The maximum absolute atomic E-state index is 13.5. The molecule has 3 aromatic carbocycles. The molecule has 206 valence electrons. The number of sulfone groups is 1. The summed E-state index contributed by atoms with van der Waals surface area (Å²) in [4.78, 5) is 32.4. The van der Waals surface area contributed by atoms with E-state index in [1.54, 1.807) is 48.5 Å². The van der Waals surface area contributed by atoms with Crippen molar-refractivity contribution in [3.8, 4) is 0 Å². The van der Waals surface area contributed by atoms with Crippen LogP contribution >= 0.6 is 36.4 Å². The van der Waals surface area contributed by atoms with Gasteiger partial charge in [0.1, 0.15) is 9.97 Å². The highest BCUT2D eigenvalue weighted by molar-refractivity contribution is 7.93. The minimum atomic E-state index is -3.90. The van der Waals surface area contributed by atoms with Crippen molar-refractivity contribution in [2.45, 2.75) is 35.4 Å². The fraction of sp³-hybridized carbons (Fsp3) is 0.138. The number of Topliss-reactive ketones (excluding diaryl/α,β-unsaturated/α-hetero) is 1. The first kappa shape index (κ1) is 29.5. The van der Waals surface area contributed by atoms with Crippen LogP contribution in [0.5, 0.6) is 0 Å². The van der Waals surface area contributed by atoms with E-state index in [1.165, 1.54) is 18.3 Å². The number of hydrogen-bond donors (Lipinski definition) is 1. The van der Waals surface area contributed by atoms with Crippen molar-refractivity contribution in [2.24, 2.45) is 0 Å². The first-order valence-corrected chi connectivity index (χ1v) is 14.7. The number of benzene rings is 3. The Hall–Kier alpha value is -3.44. The molecule has 40 heavy (non-hydrogen) atoms. The fourth-order valence-corrected chi connectivity index (χ4v) is 7.38. The Bertz CT molecular complexity index is 1750. The Kier molecular flexibility index (Phi) is 8.55. The van der Waals surface area contributed by atoms with Gasteiger partial charge in [-0.1, -0.05) is 84.0 Å². The Morgan fingerprint density at radius 3 is 2.45 bits per heavy atom. The number of thiazole rings is 1. The predicted molar refractivity (Wildman–Crippen MR) is 161 cm³/mol. The van der Waals surface area contributed by atoms with Crippen LogP contribution < -0.4 is 4.90 Å². The lowest BCUT2D eigenvalue weighted by Gasteiger charge is -2.23. The van der Waals surface area contributed by atoms with Crippen LogP contribution in [-0.4, -0.2) is 30.2 Å². The molecule has 5 rings (SSSR count). The van der Waals surface area contributed by atoms with Gasteiger partial charge < -0.3 is 5.11 Å². The number of hydrogen-bond acceptors (Lipinski definition) is 7. The molecule has 7 nitrogen and oxygen atoms in total. The summed E-state index contributed by atoms with van der Waals surface area (Å²) in [6, 6.07) is 18.9.